The normalized spacial score (nSPS) is 11.4. The van der Waals surface area contributed by atoms with Crippen molar-refractivity contribution in [3.05, 3.63) is 22.7 Å². The maximum absolute atomic E-state index is 11.7. The second-order valence-electron chi connectivity index (χ2n) is 6.50. The average molecular weight is 351 g/mol. The van der Waals surface area contributed by atoms with Gasteiger partial charge in [0.1, 0.15) is 5.51 Å². The van der Waals surface area contributed by atoms with Crippen LogP contribution in [0, 0.1) is 0 Å². The molecule has 0 spiro atoms. The molecule has 0 atom stereocenters. The summed E-state index contributed by atoms with van der Waals surface area (Å²) in [6.07, 6.45) is 22.0. The molecule has 0 unspecified atom stereocenters. The average Bonchev–Trinajstić information content (AvgIpc) is 3.13. The summed E-state index contributed by atoms with van der Waals surface area (Å²) >= 11 is 1.34. The number of hydrogen-bond acceptors (Lipinski definition) is 4. The van der Waals surface area contributed by atoms with E-state index in [1.807, 2.05) is 0 Å². The van der Waals surface area contributed by atoms with Crippen LogP contribution in [-0.4, -0.2) is 16.0 Å². The van der Waals surface area contributed by atoms with Crippen molar-refractivity contribution in [1.82, 2.24) is 10.2 Å². The Morgan fingerprint density at radius 1 is 0.917 bits per heavy atom. The van der Waals surface area contributed by atoms with Crippen LogP contribution >= 0.6 is 11.3 Å². The molecule has 0 aliphatic rings. The molecule has 1 rings (SSSR count). The third-order valence-electron chi connectivity index (χ3n) is 4.26. The van der Waals surface area contributed by atoms with Gasteiger partial charge in [0.2, 0.25) is 0 Å². The van der Waals surface area contributed by atoms with Crippen molar-refractivity contribution in [2.75, 3.05) is 0 Å². The van der Waals surface area contributed by atoms with Crippen LogP contribution in [-0.2, 0) is 0 Å². The minimum Gasteiger partial charge on any atom is -0.291 e. The summed E-state index contributed by atoms with van der Waals surface area (Å²) in [5.41, 5.74) is 1.62. The highest BCUT2D eigenvalue weighted by Gasteiger charge is 2.08. The van der Waals surface area contributed by atoms with Crippen molar-refractivity contribution in [2.45, 2.75) is 96.8 Å². The van der Waals surface area contributed by atoms with E-state index in [-0.39, 0.29) is 5.78 Å². The molecule has 0 fully saturated rings. The highest BCUT2D eigenvalue weighted by molar-refractivity contribution is 7.11. The summed E-state index contributed by atoms with van der Waals surface area (Å²) in [5, 5.41) is 8.08. The van der Waals surface area contributed by atoms with E-state index in [4.69, 9.17) is 0 Å². The first-order valence-electron chi connectivity index (χ1n) is 9.79. The number of allylic oxidation sites excluding steroid dienone is 2. The van der Waals surface area contributed by atoms with E-state index in [9.17, 15) is 4.79 Å². The van der Waals surface area contributed by atoms with Gasteiger partial charge >= 0.3 is 0 Å². The zero-order valence-corrected chi connectivity index (χ0v) is 16.2. The monoisotopic (exact) mass is 350 g/mol. The van der Waals surface area contributed by atoms with Crippen LogP contribution in [0.25, 0.3) is 0 Å². The van der Waals surface area contributed by atoms with Crippen LogP contribution in [0.1, 0.15) is 107 Å². The molecule has 1 heterocycles. The number of Topliss-reactive ketones (excluding diaryl/α,β-unsaturated/α-hetero) is 1. The largest absolute Gasteiger partial charge is 0.291 e. The third kappa shape index (κ3) is 11.5. The standard InChI is InChI=1S/C20H34N2OS/c1-2-3-4-5-6-7-8-9-10-11-12-13-14-15-16-17-19(23)20-22-21-18-24-20/h9-10,18H,2-8,11-17H2,1H3/b10-9+. The second-order valence-corrected chi connectivity index (χ2v) is 7.33. The van der Waals surface area contributed by atoms with Gasteiger partial charge in [0, 0.05) is 6.42 Å². The van der Waals surface area contributed by atoms with E-state index < -0.39 is 0 Å². The smallest absolute Gasteiger partial charge is 0.193 e. The van der Waals surface area contributed by atoms with Crippen molar-refractivity contribution < 1.29 is 4.79 Å². The Bertz CT molecular complexity index is 429. The number of carbonyl (C=O) groups excluding carboxylic acids is 1. The van der Waals surface area contributed by atoms with Crippen LogP contribution in [0.15, 0.2) is 17.7 Å². The van der Waals surface area contributed by atoms with Gasteiger partial charge in [0.15, 0.2) is 10.8 Å². The highest BCUT2D eigenvalue weighted by Crippen LogP contribution is 2.12. The fraction of sp³-hybridized carbons (Fsp3) is 0.750. The van der Waals surface area contributed by atoms with Crippen LogP contribution < -0.4 is 0 Å². The SMILES string of the molecule is CCCCCCCC/C=C/CCCCCCCC(=O)c1nncs1. The summed E-state index contributed by atoms with van der Waals surface area (Å²) in [4.78, 5) is 11.7. The molecule has 1 aromatic rings. The Hall–Kier alpha value is -1.03. The summed E-state index contributed by atoms with van der Waals surface area (Å²) in [6.45, 7) is 2.27. The van der Waals surface area contributed by atoms with Crippen LogP contribution in [0.2, 0.25) is 0 Å². The van der Waals surface area contributed by atoms with Crippen molar-refractivity contribution >= 4 is 17.1 Å². The van der Waals surface area contributed by atoms with Gasteiger partial charge in [-0.05, 0) is 32.1 Å². The first-order valence-corrected chi connectivity index (χ1v) is 10.7. The van der Waals surface area contributed by atoms with Crippen LogP contribution in [0.3, 0.4) is 0 Å². The van der Waals surface area contributed by atoms with Crippen molar-refractivity contribution in [3.63, 3.8) is 0 Å². The molecular weight excluding hydrogens is 316 g/mol. The number of nitrogens with zero attached hydrogens (tertiary/aromatic N) is 2. The number of unbranched alkanes of at least 4 members (excludes halogenated alkanes) is 11. The predicted molar refractivity (Wildman–Crippen MR) is 104 cm³/mol. The summed E-state index contributed by atoms with van der Waals surface area (Å²) in [6, 6.07) is 0. The van der Waals surface area contributed by atoms with E-state index in [1.165, 1.54) is 82.0 Å². The third-order valence-corrected chi connectivity index (χ3v) is 5.00. The summed E-state index contributed by atoms with van der Waals surface area (Å²) in [5.74, 6) is 0.148. The molecule has 0 saturated heterocycles. The summed E-state index contributed by atoms with van der Waals surface area (Å²) < 4.78 is 0. The molecule has 0 N–H and O–H groups in total. The molecule has 24 heavy (non-hydrogen) atoms. The molecule has 0 saturated carbocycles. The maximum Gasteiger partial charge on any atom is 0.193 e. The van der Waals surface area contributed by atoms with Crippen LogP contribution in [0.4, 0.5) is 0 Å². The van der Waals surface area contributed by atoms with Gasteiger partial charge in [0.25, 0.3) is 0 Å². The van der Waals surface area contributed by atoms with Crippen molar-refractivity contribution in [3.8, 4) is 0 Å². The van der Waals surface area contributed by atoms with Gasteiger partial charge in [-0.25, -0.2) is 0 Å². The lowest BCUT2D eigenvalue weighted by molar-refractivity contribution is 0.0978. The molecule has 0 aromatic carbocycles. The number of carbonyl (C=O) groups is 1. The van der Waals surface area contributed by atoms with E-state index in [2.05, 4.69) is 29.3 Å². The molecule has 4 heteroatoms. The first kappa shape index (κ1) is 21.0. The van der Waals surface area contributed by atoms with E-state index in [1.54, 1.807) is 5.51 Å². The van der Waals surface area contributed by atoms with Gasteiger partial charge in [-0.15, -0.1) is 10.2 Å². The molecule has 0 aliphatic heterocycles. The van der Waals surface area contributed by atoms with Crippen molar-refractivity contribution in [1.29, 1.82) is 0 Å². The molecule has 0 amide bonds. The molecular formula is C20H34N2OS. The molecule has 3 nitrogen and oxygen atoms in total. The number of hydrogen-bond donors (Lipinski definition) is 0. The Balaban J connectivity index is 1.80. The topological polar surface area (TPSA) is 42.9 Å². The highest BCUT2D eigenvalue weighted by atomic mass is 32.1. The molecule has 136 valence electrons. The van der Waals surface area contributed by atoms with Gasteiger partial charge in [0.05, 0.1) is 0 Å². The van der Waals surface area contributed by atoms with E-state index in [0.29, 0.717) is 11.4 Å². The first-order chi connectivity index (χ1) is 11.8. The predicted octanol–water partition coefficient (Wildman–Crippen LogP) is 6.76. The lowest BCUT2D eigenvalue weighted by atomic mass is 10.1. The number of ketones is 1. The Kier molecular flexibility index (Phi) is 13.6. The number of aromatic nitrogens is 2. The Labute approximate surface area is 152 Å². The van der Waals surface area contributed by atoms with Gasteiger partial charge in [-0.3, -0.25) is 4.79 Å². The Morgan fingerprint density at radius 3 is 2.08 bits per heavy atom. The minimum absolute atomic E-state index is 0.148. The zero-order valence-electron chi connectivity index (χ0n) is 15.3. The summed E-state index contributed by atoms with van der Waals surface area (Å²) in [7, 11) is 0. The fourth-order valence-corrected chi connectivity index (χ4v) is 3.28. The van der Waals surface area contributed by atoms with Gasteiger partial charge in [-0.2, -0.15) is 0 Å². The second kappa shape index (κ2) is 15.5. The molecule has 0 aliphatic carbocycles. The van der Waals surface area contributed by atoms with Crippen molar-refractivity contribution in [2.24, 2.45) is 0 Å². The van der Waals surface area contributed by atoms with Gasteiger partial charge < -0.3 is 0 Å². The molecule has 0 radical (unpaired) electrons. The maximum atomic E-state index is 11.7. The molecule has 0 bridgehead atoms. The lowest BCUT2D eigenvalue weighted by Crippen LogP contribution is -1.98. The van der Waals surface area contributed by atoms with E-state index in [0.717, 1.165) is 12.8 Å². The Morgan fingerprint density at radius 2 is 1.50 bits per heavy atom. The van der Waals surface area contributed by atoms with Gasteiger partial charge in [-0.1, -0.05) is 81.8 Å². The zero-order chi connectivity index (χ0) is 17.3. The molecule has 1 aromatic heterocycles. The van der Waals surface area contributed by atoms with E-state index >= 15 is 0 Å². The quantitative estimate of drug-likeness (QED) is 0.188. The lowest BCUT2D eigenvalue weighted by Gasteiger charge is -2.00. The van der Waals surface area contributed by atoms with Crippen LogP contribution in [0.5, 0.6) is 0 Å². The fourth-order valence-electron chi connectivity index (χ4n) is 2.76. The minimum atomic E-state index is 0.148. The number of rotatable bonds is 16.